The van der Waals surface area contributed by atoms with E-state index in [-0.39, 0.29) is 5.97 Å². The van der Waals surface area contributed by atoms with Crippen LogP contribution in [0.4, 0.5) is 0 Å². The second-order valence-electron chi connectivity index (χ2n) is 5.04. The number of aromatic nitrogens is 2. The predicted molar refractivity (Wildman–Crippen MR) is 95.8 cm³/mol. The highest BCUT2D eigenvalue weighted by molar-refractivity contribution is 7.71. The summed E-state index contributed by atoms with van der Waals surface area (Å²) in [7, 11) is 1.36. The fraction of sp³-hybridized carbons (Fsp3) is 0.0556. The first-order chi connectivity index (χ1) is 11.7. The van der Waals surface area contributed by atoms with E-state index in [0.717, 1.165) is 16.8 Å². The number of benzene rings is 2. The molecule has 0 spiro atoms. The van der Waals surface area contributed by atoms with Crippen molar-refractivity contribution in [3.63, 3.8) is 0 Å². The summed E-state index contributed by atoms with van der Waals surface area (Å²) in [6, 6.07) is 16.9. The normalized spacial score (nSPS) is 10.9. The number of esters is 1. The van der Waals surface area contributed by atoms with Crippen LogP contribution in [0.25, 0.3) is 11.3 Å². The second kappa shape index (κ2) is 7.06. The molecule has 0 fully saturated rings. The fourth-order valence-electron chi connectivity index (χ4n) is 2.19. The lowest BCUT2D eigenvalue weighted by Gasteiger charge is -1.99. The lowest BCUT2D eigenvalue weighted by Crippen LogP contribution is -2.00. The van der Waals surface area contributed by atoms with Crippen molar-refractivity contribution >= 4 is 24.4 Å². The Bertz CT molecular complexity index is 925. The molecule has 1 N–H and O–H groups in total. The molecule has 0 bridgehead atoms. The van der Waals surface area contributed by atoms with Crippen molar-refractivity contribution in [1.82, 2.24) is 9.66 Å². The topological polar surface area (TPSA) is 59.4 Å². The van der Waals surface area contributed by atoms with Gasteiger partial charge in [-0.15, -0.1) is 0 Å². The monoisotopic (exact) mass is 337 g/mol. The van der Waals surface area contributed by atoms with Gasteiger partial charge in [-0.3, -0.25) is 0 Å². The third kappa shape index (κ3) is 3.49. The summed E-state index contributed by atoms with van der Waals surface area (Å²) in [5.74, 6) is -0.362. The zero-order chi connectivity index (χ0) is 16.9. The highest BCUT2D eigenvalue weighted by Gasteiger charge is 2.04. The van der Waals surface area contributed by atoms with Crippen LogP contribution in [0.1, 0.15) is 15.9 Å². The number of nitrogens with one attached hydrogen (secondary N) is 1. The summed E-state index contributed by atoms with van der Waals surface area (Å²) in [5, 5.41) is 4.36. The van der Waals surface area contributed by atoms with E-state index in [1.54, 1.807) is 35.2 Å². The molecule has 24 heavy (non-hydrogen) atoms. The summed E-state index contributed by atoms with van der Waals surface area (Å²) in [6.07, 6.45) is 3.52. The second-order valence-corrected chi connectivity index (χ2v) is 5.43. The minimum absolute atomic E-state index is 0.362. The van der Waals surface area contributed by atoms with E-state index in [1.165, 1.54) is 7.11 Å². The highest BCUT2D eigenvalue weighted by Crippen LogP contribution is 2.16. The third-order valence-corrected chi connectivity index (χ3v) is 3.74. The van der Waals surface area contributed by atoms with Gasteiger partial charge in [-0.1, -0.05) is 42.5 Å². The maximum atomic E-state index is 11.4. The number of aromatic amines is 1. The molecular formula is C18H15N3O2S. The molecule has 5 nitrogen and oxygen atoms in total. The molecule has 0 aliphatic heterocycles. The Morgan fingerprint density at radius 1 is 1.17 bits per heavy atom. The van der Waals surface area contributed by atoms with Crippen molar-refractivity contribution in [3.05, 3.63) is 76.7 Å². The van der Waals surface area contributed by atoms with Gasteiger partial charge in [-0.2, -0.15) is 5.10 Å². The average Bonchev–Trinajstić information content (AvgIpc) is 3.01. The predicted octanol–water partition coefficient (Wildman–Crippen LogP) is 3.88. The highest BCUT2D eigenvalue weighted by atomic mass is 32.1. The van der Waals surface area contributed by atoms with Gasteiger partial charge in [0.05, 0.1) is 30.8 Å². The van der Waals surface area contributed by atoms with E-state index in [4.69, 9.17) is 12.2 Å². The van der Waals surface area contributed by atoms with E-state index in [2.05, 4.69) is 14.8 Å². The van der Waals surface area contributed by atoms with Gasteiger partial charge in [-0.25, -0.2) is 9.47 Å². The molecule has 0 unspecified atom stereocenters. The summed E-state index contributed by atoms with van der Waals surface area (Å²) in [5.41, 5.74) is 3.30. The quantitative estimate of drug-likeness (QED) is 0.446. The van der Waals surface area contributed by atoms with Crippen LogP contribution in [0.5, 0.6) is 0 Å². The summed E-state index contributed by atoms with van der Waals surface area (Å²) in [4.78, 5) is 14.5. The molecule has 1 aromatic heterocycles. The average molecular weight is 337 g/mol. The number of H-pyrrole nitrogens is 1. The number of ether oxygens (including phenoxy) is 1. The number of carbonyl (C=O) groups is 1. The van der Waals surface area contributed by atoms with Gasteiger partial charge in [0.25, 0.3) is 0 Å². The first-order valence-electron chi connectivity index (χ1n) is 7.27. The van der Waals surface area contributed by atoms with E-state index >= 15 is 0 Å². The minimum Gasteiger partial charge on any atom is -0.465 e. The van der Waals surface area contributed by atoms with Crippen molar-refractivity contribution in [2.24, 2.45) is 5.10 Å². The molecule has 0 radical (unpaired) electrons. The molecule has 1 heterocycles. The number of nitrogens with zero attached hydrogens (tertiary/aromatic N) is 2. The van der Waals surface area contributed by atoms with E-state index in [0.29, 0.717) is 10.3 Å². The van der Waals surface area contributed by atoms with Crippen molar-refractivity contribution < 1.29 is 9.53 Å². The zero-order valence-corrected chi connectivity index (χ0v) is 13.8. The van der Waals surface area contributed by atoms with Gasteiger partial charge < -0.3 is 9.72 Å². The lowest BCUT2D eigenvalue weighted by atomic mass is 10.1. The molecule has 3 aromatic rings. The maximum absolute atomic E-state index is 11.4. The zero-order valence-electron chi connectivity index (χ0n) is 13.0. The molecule has 0 amide bonds. The van der Waals surface area contributed by atoms with Gasteiger partial charge in [0.15, 0.2) is 4.77 Å². The van der Waals surface area contributed by atoms with Gasteiger partial charge in [0, 0.05) is 0 Å². The van der Waals surface area contributed by atoms with Crippen LogP contribution in [0.15, 0.2) is 65.9 Å². The van der Waals surface area contributed by atoms with Crippen LogP contribution >= 0.6 is 12.2 Å². The van der Waals surface area contributed by atoms with Crippen molar-refractivity contribution in [2.75, 3.05) is 7.11 Å². The number of rotatable bonds is 4. The number of methoxy groups -OCH3 is 1. The van der Waals surface area contributed by atoms with Crippen LogP contribution < -0.4 is 0 Å². The molecule has 0 aliphatic carbocycles. The first kappa shape index (κ1) is 15.9. The molecule has 0 atom stereocenters. The molecule has 120 valence electrons. The molecule has 3 rings (SSSR count). The van der Waals surface area contributed by atoms with Crippen LogP contribution in [0, 0.1) is 4.77 Å². The Hall–Kier alpha value is -2.99. The number of carbonyl (C=O) groups excluding carboxylic acids is 1. The Labute approximate surface area is 144 Å². The summed E-state index contributed by atoms with van der Waals surface area (Å²) >= 11 is 5.29. The Morgan fingerprint density at radius 2 is 1.88 bits per heavy atom. The molecule has 6 heteroatoms. The molecule has 0 aliphatic rings. The lowest BCUT2D eigenvalue weighted by molar-refractivity contribution is 0.0600. The third-order valence-electron chi connectivity index (χ3n) is 3.45. The molecule has 0 saturated heterocycles. The van der Waals surface area contributed by atoms with Crippen molar-refractivity contribution in [2.45, 2.75) is 0 Å². The smallest absolute Gasteiger partial charge is 0.337 e. The van der Waals surface area contributed by atoms with E-state index < -0.39 is 0 Å². The van der Waals surface area contributed by atoms with Crippen LogP contribution in [0.2, 0.25) is 0 Å². The molecular weight excluding hydrogens is 322 g/mol. The Morgan fingerprint density at radius 3 is 2.54 bits per heavy atom. The number of hydrogen-bond donors (Lipinski definition) is 1. The summed E-state index contributed by atoms with van der Waals surface area (Å²) in [6.45, 7) is 0. The van der Waals surface area contributed by atoms with Crippen molar-refractivity contribution in [3.8, 4) is 11.3 Å². The van der Waals surface area contributed by atoms with Gasteiger partial charge >= 0.3 is 5.97 Å². The van der Waals surface area contributed by atoms with Crippen LogP contribution in [-0.4, -0.2) is 29.0 Å². The largest absolute Gasteiger partial charge is 0.465 e. The maximum Gasteiger partial charge on any atom is 0.337 e. The minimum atomic E-state index is -0.362. The van der Waals surface area contributed by atoms with Gasteiger partial charge in [-0.05, 0) is 35.5 Å². The summed E-state index contributed by atoms with van der Waals surface area (Å²) < 4.78 is 6.78. The Balaban J connectivity index is 1.81. The van der Waals surface area contributed by atoms with E-state index in [9.17, 15) is 4.79 Å². The first-order valence-corrected chi connectivity index (χ1v) is 7.68. The van der Waals surface area contributed by atoms with Crippen LogP contribution in [-0.2, 0) is 4.74 Å². The van der Waals surface area contributed by atoms with Crippen molar-refractivity contribution in [1.29, 1.82) is 0 Å². The SMILES string of the molecule is COC(=O)c1ccc(C=Nn2cc(-c3ccccc3)[nH]c2=S)cc1. The number of hydrogen-bond acceptors (Lipinski definition) is 4. The molecule has 2 aromatic carbocycles. The Kier molecular flexibility index (Phi) is 4.67. The standard InChI is InChI=1S/C18H15N3O2S/c1-23-17(22)15-9-7-13(8-10-15)11-19-21-12-16(20-18(21)24)14-5-3-2-4-6-14/h2-12H,1H3,(H,20,24). The van der Waals surface area contributed by atoms with Gasteiger partial charge in [0.2, 0.25) is 0 Å². The molecule has 0 saturated carbocycles. The number of imidazole rings is 1. The fourth-order valence-corrected chi connectivity index (χ4v) is 2.40. The van der Waals surface area contributed by atoms with E-state index in [1.807, 2.05) is 36.5 Å². The van der Waals surface area contributed by atoms with Gasteiger partial charge in [0.1, 0.15) is 0 Å². The van der Waals surface area contributed by atoms with Crippen LogP contribution in [0.3, 0.4) is 0 Å².